The van der Waals surface area contributed by atoms with Crippen molar-refractivity contribution in [2.45, 2.75) is 19.9 Å². The van der Waals surface area contributed by atoms with Gasteiger partial charge in [0.15, 0.2) is 5.29 Å². The molecule has 0 aromatic carbocycles. The van der Waals surface area contributed by atoms with Gasteiger partial charge in [-0.05, 0) is 31.6 Å². The monoisotopic (exact) mass is 160 g/mol. The molecule has 0 aliphatic heterocycles. The first-order chi connectivity index (χ1) is 4.63. The molecule has 0 heterocycles. The summed E-state index contributed by atoms with van der Waals surface area (Å²) in [6.07, 6.45) is 1.67. The van der Waals surface area contributed by atoms with Crippen molar-refractivity contribution in [1.82, 2.24) is 4.90 Å². The van der Waals surface area contributed by atoms with E-state index >= 15 is 0 Å². The van der Waals surface area contributed by atoms with Crippen LogP contribution in [0.2, 0.25) is 0 Å². The lowest BCUT2D eigenvalue weighted by atomic mass is 10.4. The third-order valence-corrected chi connectivity index (χ3v) is 1.51. The SMILES string of the molecule is C=CN(C(Cl)=NC)C(C)C. The highest BCUT2D eigenvalue weighted by Crippen LogP contribution is 2.02. The van der Waals surface area contributed by atoms with Gasteiger partial charge in [-0.1, -0.05) is 6.58 Å². The number of nitrogens with zero attached hydrogens (tertiary/aromatic N) is 2. The third kappa shape index (κ3) is 2.40. The zero-order chi connectivity index (χ0) is 8.15. The summed E-state index contributed by atoms with van der Waals surface area (Å²) < 4.78 is 0. The number of rotatable bonds is 2. The molecule has 0 bridgehead atoms. The Morgan fingerprint density at radius 2 is 2.20 bits per heavy atom. The molecule has 0 aromatic heterocycles. The average molecular weight is 161 g/mol. The number of hydrogen-bond donors (Lipinski definition) is 0. The van der Waals surface area contributed by atoms with Crippen LogP contribution in [0.1, 0.15) is 13.8 Å². The predicted octanol–water partition coefficient (Wildman–Crippen LogP) is 2.06. The Labute approximate surface area is 67.2 Å². The van der Waals surface area contributed by atoms with Crippen LogP contribution in [-0.4, -0.2) is 23.3 Å². The van der Waals surface area contributed by atoms with E-state index in [1.165, 1.54) is 0 Å². The molecule has 3 heteroatoms. The second-order valence-electron chi connectivity index (χ2n) is 2.18. The molecule has 0 aromatic rings. The van der Waals surface area contributed by atoms with Gasteiger partial charge in [-0.15, -0.1) is 0 Å². The maximum atomic E-state index is 5.73. The van der Waals surface area contributed by atoms with Gasteiger partial charge in [-0.3, -0.25) is 4.99 Å². The molecule has 0 atom stereocenters. The first kappa shape index (κ1) is 9.50. The lowest BCUT2D eigenvalue weighted by molar-refractivity contribution is 0.466. The Morgan fingerprint density at radius 1 is 1.70 bits per heavy atom. The van der Waals surface area contributed by atoms with Crippen LogP contribution in [0.5, 0.6) is 0 Å². The fourth-order valence-electron chi connectivity index (χ4n) is 0.615. The molecule has 58 valence electrons. The predicted molar refractivity (Wildman–Crippen MR) is 46.4 cm³/mol. The summed E-state index contributed by atoms with van der Waals surface area (Å²) in [6, 6.07) is 0.314. The highest BCUT2D eigenvalue weighted by atomic mass is 35.5. The quantitative estimate of drug-likeness (QED) is 0.343. The van der Waals surface area contributed by atoms with E-state index in [0.717, 1.165) is 0 Å². The van der Waals surface area contributed by atoms with Crippen LogP contribution in [0.3, 0.4) is 0 Å². The first-order valence-electron chi connectivity index (χ1n) is 3.16. The van der Waals surface area contributed by atoms with Crippen LogP contribution < -0.4 is 0 Å². The lowest BCUT2D eigenvalue weighted by Crippen LogP contribution is -2.28. The van der Waals surface area contributed by atoms with Crippen molar-refractivity contribution in [1.29, 1.82) is 0 Å². The van der Waals surface area contributed by atoms with E-state index < -0.39 is 0 Å². The van der Waals surface area contributed by atoms with Crippen molar-refractivity contribution < 1.29 is 0 Å². The van der Waals surface area contributed by atoms with E-state index in [2.05, 4.69) is 11.6 Å². The van der Waals surface area contributed by atoms with Gasteiger partial charge in [0.25, 0.3) is 0 Å². The number of halogens is 1. The first-order valence-corrected chi connectivity index (χ1v) is 3.54. The number of hydrogen-bond acceptors (Lipinski definition) is 1. The Morgan fingerprint density at radius 3 is 2.30 bits per heavy atom. The maximum absolute atomic E-state index is 5.73. The van der Waals surface area contributed by atoms with Crippen molar-refractivity contribution in [3.05, 3.63) is 12.8 Å². The second-order valence-corrected chi connectivity index (χ2v) is 2.51. The van der Waals surface area contributed by atoms with Gasteiger partial charge < -0.3 is 4.90 Å². The summed E-state index contributed by atoms with van der Waals surface area (Å²) in [4.78, 5) is 5.61. The van der Waals surface area contributed by atoms with Crippen molar-refractivity contribution in [3.63, 3.8) is 0 Å². The average Bonchev–Trinajstić information content (AvgIpc) is 1.88. The van der Waals surface area contributed by atoms with Crippen molar-refractivity contribution in [2.75, 3.05) is 7.05 Å². The molecular formula is C7H13ClN2. The van der Waals surface area contributed by atoms with Gasteiger partial charge in [0, 0.05) is 13.1 Å². The summed E-state index contributed by atoms with van der Waals surface area (Å²) in [5, 5.41) is 0.477. The molecule has 0 N–H and O–H groups in total. The topological polar surface area (TPSA) is 15.6 Å². The van der Waals surface area contributed by atoms with E-state index in [9.17, 15) is 0 Å². The highest BCUT2D eigenvalue weighted by molar-refractivity contribution is 6.64. The molecule has 10 heavy (non-hydrogen) atoms. The Kier molecular flexibility index (Phi) is 4.12. The Balaban J connectivity index is 4.21. The molecule has 0 amide bonds. The van der Waals surface area contributed by atoms with Gasteiger partial charge in [0.1, 0.15) is 0 Å². The van der Waals surface area contributed by atoms with Gasteiger partial charge in [0.2, 0.25) is 0 Å². The molecule has 0 aliphatic rings. The van der Waals surface area contributed by atoms with Crippen LogP contribution in [0, 0.1) is 0 Å². The summed E-state index contributed by atoms with van der Waals surface area (Å²) in [5.41, 5.74) is 0. The molecule has 0 rings (SSSR count). The van der Waals surface area contributed by atoms with E-state index in [0.29, 0.717) is 11.3 Å². The van der Waals surface area contributed by atoms with E-state index in [1.807, 2.05) is 13.8 Å². The summed E-state index contributed by atoms with van der Waals surface area (Å²) in [5.74, 6) is 0. The number of amidine groups is 1. The zero-order valence-electron chi connectivity index (χ0n) is 6.63. The fraction of sp³-hybridized carbons (Fsp3) is 0.571. The third-order valence-electron chi connectivity index (χ3n) is 1.15. The maximum Gasteiger partial charge on any atom is 0.197 e. The molecule has 0 aliphatic carbocycles. The summed E-state index contributed by atoms with van der Waals surface area (Å²) >= 11 is 5.73. The van der Waals surface area contributed by atoms with Crippen LogP contribution in [0.15, 0.2) is 17.8 Å². The van der Waals surface area contributed by atoms with Crippen molar-refractivity contribution in [3.8, 4) is 0 Å². The van der Waals surface area contributed by atoms with Gasteiger partial charge in [0.05, 0.1) is 0 Å². The fourth-order valence-corrected chi connectivity index (χ4v) is 0.879. The van der Waals surface area contributed by atoms with Crippen LogP contribution in [-0.2, 0) is 0 Å². The van der Waals surface area contributed by atoms with Crippen molar-refractivity contribution in [2.24, 2.45) is 4.99 Å². The smallest absolute Gasteiger partial charge is 0.197 e. The van der Waals surface area contributed by atoms with Crippen molar-refractivity contribution >= 4 is 16.9 Å². The van der Waals surface area contributed by atoms with Gasteiger partial charge in [-0.25, -0.2) is 0 Å². The highest BCUT2D eigenvalue weighted by Gasteiger charge is 2.06. The van der Waals surface area contributed by atoms with E-state index in [1.54, 1.807) is 18.1 Å². The van der Waals surface area contributed by atoms with Crippen LogP contribution >= 0.6 is 11.6 Å². The summed E-state index contributed by atoms with van der Waals surface area (Å²) in [6.45, 7) is 7.66. The molecule has 2 nitrogen and oxygen atoms in total. The minimum atomic E-state index is 0.314. The normalized spacial score (nSPS) is 11.9. The Bertz CT molecular complexity index is 141. The number of aliphatic imine (C=N–C) groups is 1. The minimum Gasteiger partial charge on any atom is -0.322 e. The van der Waals surface area contributed by atoms with Gasteiger partial charge in [-0.2, -0.15) is 0 Å². The largest absolute Gasteiger partial charge is 0.322 e. The lowest BCUT2D eigenvalue weighted by Gasteiger charge is -2.21. The standard InChI is InChI=1S/C7H13ClN2/c1-5-10(6(2)3)7(8)9-4/h5-6H,1H2,2-4H3. The van der Waals surface area contributed by atoms with Crippen LogP contribution in [0.25, 0.3) is 0 Å². The molecule has 0 radical (unpaired) electrons. The Hall–Kier alpha value is -0.500. The molecule has 0 spiro atoms. The molecule has 0 fully saturated rings. The zero-order valence-corrected chi connectivity index (χ0v) is 7.39. The molecular weight excluding hydrogens is 148 g/mol. The van der Waals surface area contributed by atoms with Crippen LogP contribution in [0.4, 0.5) is 0 Å². The summed E-state index contributed by atoms with van der Waals surface area (Å²) in [7, 11) is 1.65. The second kappa shape index (κ2) is 4.34. The molecule has 0 unspecified atom stereocenters. The minimum absolute atomic E-state index is 0.314. The van der Waals surface area contributed by atoms with Gasteiger partial charge >= 0.3 is 0 Å². The van der Waals surface area contributed by atoms with E-state index in [-0.39, 0.29) is 0 Å². The van der Waals surface area contributed by atoms with E-state index in [4.69, 9.17) is 11.6 Å². The molecule has 0 saturated carbocycles. The molecule has 0 saturated heterocycles.